The minimum absolute atomic E-state index is 0.201. The largest absolute Gasteiger partial charge is 0.423 e. The van der Waals surface area contributed by atoms with Gasteiger partial charge >= 0.3 is 0 Å². The van der Waals surface area contributed by atoms with Crippen molar-refractivity contribution in [3.05, 3.63) is 11.6 Å². The van der Waals surface area contributed by atoms with Crippen LogP contribution in [0.25, 0.3) is 0 Å². The number of ether oxygens (including phenoxy) is 1. The van der Waals surface area contributed by atoms with Crippen molar-refractivity contribution in [3.63, 3.8) is 0 Å². The second-order valence-electron chi connectivity index (χ2n) is 7.13. The monoisotopic (exact) mass is 344 g/mol. The van der Waals surface area contributed by atoms with Crippen LogP contribution in [0.2, 0.25) is 0 Å². The van der Waals surface area contributed by atoms with Crippen LogP contribution in [-0.4, -0.2) is 54.7 Å². The Morgan fingerprint density at radius 2 is 2.04 bits per heavy atom. The number of carbonyl (C=O) groups is 1. The third-order valence-corrected chi connectivity index (χ3v) is 5.28. The predicted octanol–water partition coefficient (Wildman–Crippen LogP) is 2.03. The Kier molecular flexibility index (Phi) is 4.62. The van der Waals surface area contributed by atoms with E-state index in [1.807, 2.05) is 9.80 Å². The summed E-state index contributed by atoms with van der Waals surface area (Å²) in [6, 6.07) is 2.14. The lowest BCUT2D eigenvalue weighted by Gasteiger charge is -2.34. The highest BCUT2D eigenvalue weighted by atomic mass is 16.5. The summed E-state index contributed by atoms with van der Waals surface area (Å²) in [7, 11) is 0. The molecule has 0 unspecified atom stereocenters. The first-order chi connectivity index (χ1) is 12.2. The van der Waals surface area contributed by atoms with Gasteiger partial charge in [0.15, 0.2) is 0 Å². The van der Waals surface area contributed by atoms with Crippen LogP contribution in [0.3, 0.4) is 0 Å². The summed E-state index contributed by atoms with van der Waals surface area (Å²) in [5, 5.41) is 9.30. The van der Waals surface area contributed by atoms with Gasteiger partial charge in [0.1, 0.15) is 6.07 Å². The number of piperazine rings is 1. The molecule has 4 rings (SSSR count). The molecular weight excluding hydrogens is 320 g/mol. The summed E-state index contributed by atoms with van der Waals surface area (Å²) in [6.07, 6.45) is 6.02. The highest BCUT2D eigenvalue weighted by Crippen LogP contribution is 2.41. The lowest BCUT2D eigenvalue weighted by atomic mass is 10.1. The van der Waals surface area contributed by atoms with Gasteiger partial charge in [-0.15, -0.1) is 0 Å². The van der Waals surface area contributed by atoms with Gasteiger partial charge in [-0.1, -0.05) is 0 Å². The molecule has 0 N–H and O–H groups in total. The van der Waals surface area contributed by atoms with Crippen molar-refractivity contribution in [1.82, 2.24) is 9.88 Å². The van der Waals surface area contributed by atoms with Gasteiger partial charge in [0.25, 0.3) is 0 Å². The molecule has 7 nitrogen and oxygen atoms in total. The van der Waals surface area contributed by atoms with E-state index in [1.54, 1.807) is 0 Å². The van der Waals surface area contributed by atoms with Crippen molar-refractivity contribution in [2.75, 3.05) is 37.7 Å². The second-order valence-corrected chi connectivity index (χ2v) is 7.13. The van der Waals surface area contributed by atoms with Crippen LogP contribution in [0, 0.1) is 11.3 Å². The fourth-order valence-electron chi connectivity index (χ4n) is 3.59. The molecule has 2 saturated heterocycles. The van der Waals surface area contributed by atoms with Crippen molar-refractivity contribution in [2.24, 2.45) is 0 Å². The molecular formula is C18H24N4O3. The van der Waals surface area contributed by atoms with Crippen molar-refractivity contribution >= 4 is 11.8 Å². The summed E-state index contributed by atoms with van der Waals surface area (Å²) >= 11 is 0. The Hall–Kier alpha value is -2.07. The first-order valence-corrected chi connectivity index (χ1v) is 9.29. The molecule has 0 bridgehead atoms. The standard InChI is InChI=1S/C18H24N4O3/c19-12-15-18(25-17(20-15)13-3-4-13)22-9-7-21(8-10-22)16(23)6-5-14-2-1-11-24-14/h13-14H,1-11H2/t14-/m1/s1. The summed E-state index contributed by atoms with van der Waals surface area (Å²) in [4.78, 5) is 20.7. The summed E-state index contributed by atoms with van der Waals surface area (Å²) in [5.41, 5.74) is 0.375. The van der Waals surface area contributed by atoms with Gasteiger partial charge in [-0.25, -0.2) is 4.98 Å². The van der Waals surface area contributed by atoms with Crippen molar-refractivity contribution in [1.29, 1.82) is 5.26 Å². The van der Waals surface area contributed by atoms with Gasteiger partial charge in [0, 0.05) is 45.1 Å². The molecule has 7 heteroatoms. The van der Waals surface area contributed by atoms with Gasteiger partial charge in [0.2, 0.25) is 23.4 Å². The maximum absolute atomic E-state index is 12.4. The molecule has 1 amide bonds. The summed E-state index contributed by atoms with van der Waals surface area (Å²) in [6.45, 7) is 3.52. The normalized spacial score (nSPS) is 23.7. The number of aromatic nitrogens is 1. The van der Waals surface area contributed by atoms with Crippen LogP contribution in [0.4, 0.5) is 5.88 Å². The smallest absolute Gasteiger partial charge is 0.234 e. The molecule has 3 fully saturated rings. The van der Waals surface area contributed by atoms with E-state index in [0.717, 1.165) is 38.7 Å². The predicted molar refractivity (Wildman–Crippen MR) is 90.2 cm³/mol. The van der Waals surface area contributed by atoms with E-state index in [0.29, 0.717) is 56.0 Å². The van der Waals surface area contributed by atoms with Crippen molar-refractivity contribution in [2.45, 2.75) is 50.5 Å². The van der Waals surface area contributed by atoms with E-state index >= 15 is 0 Å². The van der Waals surface area contributed by atoms with Crippen LogP contribution in [0.15, 0.2) is 4.42 Å². The molecule has 2 aliphatic heterocycles. The average Bonchev–Trinajstić information content (AvgIpc) is 3.20. The fraction of sp³-hybridized carbons (Fsp3) is 0.722. The topological polar surface area (TPSA) is 82.6 Å². The van der Waals surface area contributed by atoms with Crippen LogP contribution in [0.5, 0.6) is 0 Å². The first-order valence-electron chi connectivity index (χ1n) is 9.29. The number of carbonyl (C=O) groups excluding carboxylic acids is 1. The zero-order chi connectivity index (χ0) is 17.2. The number of hydrogen-bond acceptors (Lipinski definition) is 6. The molecule has 0 aromatic carbocycles. The number of anilines is 1. The van der Waals surface area contributed by atoms with E-state index in [-0.39, 0.29) is 12.0 Å². The molecule has 1 saturated carbocycles. The van der Waals surface area contributed by atoms with E-state index in [9.17, 15) is 10.1 Å². The molecule has 1 aliphatic carbocycles. The second kappa shape index (κ2) is 7.04. The third kappa shape index (κ3) is 3.64. The summed E-state index contributed by atoms with van der Waals surface area (Å²) < 4.78 is 11.4. The maximum Gasteiger partial charge on any atom is 0.234 e. The lowest BCUT2D eigenvalue weighted by molar-refractivity contribution is -0.132. The number of nitrogens with zero attached hydrogens (tertiary/aromatic N) is 4. The number of hydrogen-bond donors (Lipinski definition) is 0. The molecule has 25 heavy (non-hydrogen) atoms. The van der Waals surface area contributed by atoms with Gasteiger partial charge < -0.3 is 19.0 Å². The molecule has 1 aromatic rings. The van der Waals surface area contributed by atoms with Crippen molar-refractivity contribution < 1.29 is 13.9 Å². The van der Waals surface area contributed by atoms with Crippen LogP contribution >= 0.6 is 0 Å². The first kappa shape index (κ1) is 16.4. The summed E-state index contributed by atoms with van der Waals surface area (Å²) in [5.74, 6) is 1.87. The SMILES string of the molecule is N#Cc1nc(C2CC2)oc1N1CCN(C(=O)CC[C@H]2CCCO2)CC1. The van der Waals surface area contributed by atoms with Gasteiger partial charge in [-0.05, 0) is 32.1 Å². The quantitative estimate of drug-likeness (QED) is 0.813. The van der Waals surface area contributed by atoms with E-state index in [1.165, 1.54) is 0 Å². The number of rotatable bonds is 5. The number of amides is 1. The van der Waals surface area contributed by atoms with Crippen LogP contribution < -0.4 is 4.90 Å². The molecule has 0 radical (unpaired) electrons. The Labute approximate surface area is 147 Å². The highest BCUT2D eigenvalue weighted by Gasteiger charge is 2.32. The third-order valence-electron chi connectivity index (χ3n) is 5.28. The lowest BCUT2D eigenvalue weighted by Crippen LogP contribution is -2.49. The van der Waals surface area contributed by atoms with Gasteiger partial charge in [-0.2, -0.15) is 5.26 Å². The van der Waals surface area contributed by atoms with E-state index in [4.69, 9.17) is 9.15 Å². The number of oxazole rings is 1. The molecule has 1 atom stereocenters. The molecule has 3 aliphatic rings. The molecule has 0 spiro atoms. The fourth-order valence-corrected chi connectivity index (χ4v) is 3.59. The zero-order valence-corrected chi connectivity index (χ0v) is 14.4. The minimum Gasteiger partial charge on any atom is -0.423 e. The Bertz CT molecular complexity index is 662. The van der Waals surface area contributed by atoms with E-state index < -0.39 is 0 Å². The van der Waals surface area contributed by atoms with Crippen LogP contribution in [-0.2, 0) is 9.53 Å². The van der Waals surface area contributed by atoms with Gasteiger partial charge in [-0.3, -0.25) is 4.79 Å². The Balaban J connectivity index is 1.30. The number of nitriles is 1. The van der Waals surface area contributed by atoms with Crippen molar-refractivity contribution in [3.8, 4) is 6.07 Å². The Morgan fingerprint density at radius 1 is 1.24 bits per heavy atom. The molecule has 1 aromatic heterocycles. The zero-order valence-electron chi connectivity index (χ0n) is 14.4. The maximum atomic E-state index is 12.4. The Morgan fingerprint density at radius 3 is 2.68 bits per heavy atom. The van der Waals surface area contributed by atoms with Gasteiger partial charge in [0.05, 0.1) is 6.10 Å². The highest BCUT2D eigenvalue weighted by molar-refractivity contribution is 5.76. The molecule has 3 heterocycles. The minimum atomic E-state index is 0.201. The average molecular weight is 344 g/mol. The van der Waals surface area contributed by atoms with E-state index in [2.05, 4.69) is 11.1 Å². The molecule has 134 valence electrons. The van der Waals surface area contributed by atoms with Crippen LogP contribution in [0.1, 0.15) is 56.0 Å².